The number of thioether (sulfide) groups is 1. The number of hydrogen-bond donors (Lipinski definition) is 0. The van der Waals surface area contributed by atoms with Crippen LogP contribution in [0.5, 0.6) is 0 Å². The molecule has 0 amide bonds. The average Bonchev–Trinajstić information content (AvgIpc) is 2.19. The van der Waals surface area contributed by atoms with Gasteiger partial charge in [-0.25, -0.2) is 0 Å². The van der Waals surface area contributed by atoms with Gasteiger partial charge >= 0.3 is 93.4 Å². The summed E-state index contributed by atoms with van der Waals surface area (Å²) in [5, 5.41) is 3.92. The first-order valence-electron chi connectivity index (χ1n) is 3.73. The first-order valence-corrected chi connectivity index (χ1v) is 8.50. The Bertz CT molecular complexity index is 270. The molecule has 0 spiro atoms. The van der Waals surface area contributed by atoms with E-state index in [0.29, 0.717) is 13.8 Å². The van der Waals surface area contributed by atoms with Gasteiger partial charge in [-0.2, -0.15) is 0 Å². The molecule has 0 saturated carbocycles. The molecule has 1 aromatic carbocycles. The molecule has 0 saturated heterocycles. The number of benzene rings is 1. The zero-order valence-corrected chi connectivity index (χ0v) is 10.4. The molecule has 13 heavy (non-hydrogen) atoms. The van der Waals surface area contributed by atoms with Gasteiger partial charge in [0.2, 0.25) is 0 Å². The van der Waals surface area contributed by atoms with Crippen LogP contribution in [-0.2, 0) is 0 Å². The quantitative estimate of drug-likeness (QED) is 0.749. The average molecular weight is 273 g/mol. The molecule has 0 fully saturated rings. The molecule has 1 rings (SSSR count). The SMILES string of the molecule is C=CS/C=C\[Se]Sc1ccccc1. The summed E-state index contributed by atoms with van der Waals surface area (Å²) in [7, 11) is 1.90. The van der Waals surface area contributed by atoms with Gasteiger partial charge in [-0.3, -0.25) is 0 Å². The van der Waals surface area contributed by atoms with E-state index in [1.807, 2.05) is 21.7 Å². The zero-order valence-electron chi connectivity index (χ0n) is 7.05. The van der Waals surface area contributed by atoms with Crippen LogP contribution in [0.25, 0.3) is 0 Å². The minimum atomic E-state index is 0.497. The zero-order chi connectivity index (χ0) is 9.36. The van der Waals surface area contributed by atoms with Crippen LogP contribution in [0, 0.1) is 0 Å². The van der Waals surface area contributed by atoms with Crippen LogP contribution in [-0.4, -0.2) is 13.8 Å². The van der Waals surface area contributed by atoms with Crippen LogP contribution in [0.1, 0.15) is 0 Å². The van der Waals surface area contributed by atoms with Crippen molar-refractivity contribution in [1.29, 1.82) is 0 Å². The summed E-state index contributed by atoms with van der Waals surface area (Å²) in [6.07, 6.45) is 0. The Balaban J connectivity index is 2.24. The Hall–Kier alpha value is -0.0805. The van der Waals surface area contributed by atoms with E-state index in [1.54, 1.807) is 11.8 Å². The third-order valence-corrected chi connectivity index (χ3v) is 5.52. The van der Waals surface area contributed by atoms with Crippen molar-refractivity contribution in [2.24, 2.45) is 0 Å². The molecule has 0 unspecified atom stereocenters. The van der Waals surface area contributed by atoms with Gasteiger partial charge in [-0.05, 0) is 0 Å². The predicted octanol–water partition coefficient (Wildman–Crippen LogP) is 3.75. The van der Waals surface area contributed by atoms with E-state index in [0.717, 1.165) is 0 Å². The molecule has 0 aromatic heterocycles. The molecular weight excluding hydrogens is 263 g/mol. The monoisotopic (exact) mass is 274 g/mol. The molecule has 0 heterocycles. The Morgan fingerprint density at radius 1 is 1.23 bits per heavy atom. The Morgan fingerprint density at radius 3 is 2.69 bits per heavy atom. The standard InChI is InChI=1S/C10H10S2Se/c1-2-11-8-9-13-12-10-6-4-3-5-7-10/h2-9H,1H2/b9-8-. The topological polar surface area (TPSA) is 0 Å². The summed E-state index contributed by atoms with van der Waals surface area (Å²) in [6, 6.07) is 10.5. The van der Waals surface area contributed by atoms with Crippen LogP contribution in [0.3, 0.4) is 0 Å². The van der Waals surface area contributed by atoms with E-state index >= 15 is 0 Å². The van der Waals surface area contributed by atoms with Crippen molar-refractivity contribution in [2.75, 3.05) is 0 Å². The second-order valence-electron chi connectivity index (χ2n) is 2.07. The maximum absolute atomic E-state index is 3.63. The first kappa shape index (κ1) is 11.0. The number of rotatable bonds is 5. The van der Waals surface area contributed by atoms with Crippen LogP contribution in [0.4, 0.5) is 0 Å². The number of hydrogen-bond acceptors (Lipinski definition) is 2. The van der Waals surface area contributed by atoms with Crippen LogP contribution < -0.4 is 0 Å². The van der Waals surface area contributed by atoms with Crippen LogP contribution in [0.2, 0.25) is 0 Å². The van der Waals surface area contributed by atoms with Gasteiger partial charge < -0.3 is 0 Å². The van der Waals surface area contributed by atoms with Gasteiger partial charge in [0.15, 0.2) is 0 Å². The second kappa shape index (κ2) is 7.34. The van der Waals surface area contributed by atoms with E-state index < -0.39 is 0 Å². The van der Waals surface area contributed by atoms with Gasteiger partial charge in [-0.1, -0.05) is 0 Å². The summed E-state index contributed by atoms with van der Waals surface area (Å²) in [5.41, 5.74) is 0. The summed E-state index contributed by atoms with van der Waals surface area (Å²) in [6.45, 7) is 3.63. The van der Waals surface area contributed by atoms with E-state index in [-0.39, 0.29) is 0 Å². The van der Waals surface area contributed by atoms with Crippen molar-refractivity contribution in [3.63, 3.8) is 0 Å². The van der Waals surface area contributed by atoms with Crippen molar-refractivity contribution < 1.29 is 0 Å². The molecule has 0 bridgehead atoms. The predicted molar refractivity (Wildman–Crippen MR) is 65.0 cm³/mol. The summed E-state index contributed by atoms with van der Waals surface area (Å²) in [5.74, 6) is 0. The van der Waals surface area contributed by atoms with Crippen molar-refractivity contribution in [1.82, 2.24) is 0 Å². The fraction of sp³-hybridized carbons (Fsp3) is 0. The van der Waals surface area contributed by atoms with Gasteiger partial charge in [0, 0.05) is 0 Å². The minimum absolute atomic E-state index is 0.497. The first-order chi connectivity index (χ1) is 6.43. The van der Waals surface area contributed by atoms with Crippen molar-refractivity contribution in [3.8, 4) is 0 Å². The van der Waals surface area contributed by atoms with Crippen LogP contribution >= 0.6 is 21.9 Å². The molecule has 0 nitrogen and oxygen atoms in total. The molecule has 68 valence electrons. The maximum atomic E-state index is 3.63. The van der Waals surface area contributed by atoms with Gasteiger partial charge in [-0.15, -0.1) is 0 Å². The van der Waals surface area contributed by atoms with E-state index in [2.05, 4.69) is 41.2 Å². The Labute approximate surface area is 93.1 Å². The van der Waals surface area contributed by atoms with Crippen molar-refractivity contribution >= 4 is 35.8 Å². The van der Waals surface area contributed by atoms with Gasteiger partial charge in [0.05, 0.1) is 0 Å². The van der Waals surface area contributed by atoms with Gasteiger partial charge in [0.1, 0.15) is 0 Å². The molecule has 0 N–H and O–H groups in total. The fourth-order valence-corrected chi connectivity index (χ4v) is 4.47. The van der Waals surface area contributed by atoms with Gasteiger partial charge in [0.25, 0.3) is 0 Å². The Morgan fingerprint density at radius 2 is 2.00 bits per heavy atom. The third kappa shape index (κ3) is 5.27. The van der Waals surface area contributed by atoms with E-state index in [4.69, 9.17) is 0 Å². The molecule has 1 aromatic rings. The third-order valence-electron chi connectivity index (χ3n) is 1.17. The normalized spacial score (nSPS) is 10.5. The molecule has 0 aliphatic carbocycles. The Kier molecular flexibility index (Phi) is 6.20. The fourth-order valence-electron chi connectivity index (χ4n) is 0.670. The van der Waals surface area contributed by atoms with Crippen molar-refractivity contribution in [2.45, 2.75) is 4.90 Å². The summed E-state index contributed by atoms with van der Waals surface area (Å²) >= 11 is 2.13. The summed E-state index contributed by atoms with van der Waals surface area (Å²) in [4.78, 5) is 3.55. The second-order valence-corrected chi connectivity index (χ2v) is 6.61. The molecule has 0 radical (unpaired) electrons. The van der Waals surface area contributed by atoms with Crippen LogP contribution in [0.15, 0.2) is 57.6 Å². The van der Waals surface area contributed by atoms with E-state index in [1.165, 1.54) is 4.90 Å². The molecular formula is C10H10S2Se. The summed E-state index contributed by atoms with van der Waals surface area (Å²) < 4.78 is 0. The van der Waals surface area contributed by atoms with Crippen molar-refractivity contribution in [3.05, 3.63) is 52.7 Å². The molecule has 0 aliphatic heterocycles. The molecule has 0 aliphatic rings. The molecule has 0 atom stereocenters. The van der Waals surface area contributed by atoms with E-state index in [9.17, 15) is 0 Å². The molecule has 3 heteroatoms.